The summed E-state index contributed by atoms with van der Waals surface area (Å²) in [5.74, 6) is 0.454. The number of nitrogens with one attached hydrogen (secondary N) is 1. The molecule has 6 nitrogen and oxygen atoms in total. The predicted molar refractivity (Wildman–Crippen MR) is 108 cm³/mol. The SMILES string of the molecule is COc1ccc2cc(C3(C)NC(=O)N(Cc4ccc(C#N)cc4)C3=O)ccc2c1. The van der Waals surface area contributed by atoms with Gasteiger partial charge in [-0.25, -0.2) is 4.79 Å². The second kappa shape index (κ2) is 6.95. The maximum Gasteiger partial charge on any atom is 0.325 e. The molecule has 6 heteroatoms. The molecular formula is C23H19N3O3. The minimum atomic E-state index is -1.14. The molecule has 1 unspecified atom stereocenters. The van der Waals surface area contributed by atoms with Gasteiger partial charge in [0.15, 0.2) is 0 Å². The van der Waals surface area contributed by atoms with Crippen molar-refractivity contribution in [3.8, 4) is 11.8 Å². The molecule has 1 aliphatic heterocycles. The number of carbonyl (C=O) groups is 2. The van der Waals surface area contributed by atoms with E-state index in [2.05, 4.69) is 11.4 Å². The van der Waals surface area contributed by atoms with Crippen molar-refractivity contribution in [3.63, 3.8) is 0 Å². The Hall–Kier alpha value is -3.85. The monoisotopic (exact) mass is 385 g/mol. The predicted octanol–water partition coefficient (Wildman–Crippen LogP) is 3.69. The van der Waals surface area contributed by atoms with Gasteiger partial charge in [-0.15, -0.1) is 0 Å². The number of hydrogen-bond acceptors (Lipinski definition) is 4. The molecule has 3 aromatic rings. The molecule has 0 bridgehead atoms. The quantitative estimate of drug-likeness (QED) is 0.695. The molecule has 29 heavy (non-hydrogen) atoms. The number of fused-ring (bicyclic) bond motifs is 1. The Labute approximate surface area is 168 Å². The van der Waals surface area contributed by atoms with Gasteiger partial charge >= 0.3 is 6.03 Å². The van der Waals surface area contributed by atoms with Crippen LogP contribution in [0.3, 0.4) is 0 Å². The molecule has 0 saturated carbocycles. The van der Waals surface area contributed by atoms with E-state index in [1.807, 2.05) is 36.4 Å². The Morgan fingerprint density at radius 3 is 2.41 bits per heavy atom. The third-order valence-electron chi connectivity index (χ3n) is 5.32. The number of amides is 3. The Kier molecular flexibility index (Phi) is 4.44. The fourth-order valence-electron chi connectivity index (χ4n) is 3.57. The van der Waals surface area contributed by atoms with Crippen molar-refractivity contribution in [2.75, 3.05) is 7.11 Å². The second-order valence-electron chi connectivity index (χ2n) is 7.18. The van der Waals surface area contributed by atoms with Gasteiger partial charge in [-0.2, -0.15) is 5.26 Å². The van der Waals surface area contributed by atoms with Crippen molar-refractivity contribution >= 4 is 22.7 Å². The summed E-state index contributed by atoms with van der Waals surface area (Å²) in [5.41, 5.74) is 0.888. The zero-order valence-corrected chi connectivity index (χ0v) is 16.1. The fourth-order valence-corrected chi connectivity index (χ4v) is 3.57. The van der Waals surface area contributed by atoms with E-state index in [0.29, 0.717) is 5.56 Å². The molecule has 0 aliphatic carbocycles. The summed E-state index contributed by atoms with van der Waals surface area (Å²) in [5, 5.41) is 13.7. The maximum atomic E-state index is 13.2. The number of hydrogen-bond donors (Lipinski definition) is 1. The number of carbonyl (C=O) groups excluding carboxylic acids is 2. The van der Waals surface area contributed by atoms with E-state index in [1.165, 1.54) is 4.90 Å². The van der Waals surface area contributed by atoms with Crippen molar-refractivity contribution in [2.45, 2.75) is 19.0 Å². The topological polar surface area (TPSA) is 82.4 Å². The van der Waals surface area contributed by atoms with Gasteiger partial charge in [0.25, 0.3) is 5.91 Å². The minimum absolute atomic E-state index is 0.150. The summed E-state index contributed by atoms with van der Waals surface area (Å²) in [4.78, 5) is 27.0. The van der Waals surface area contributed by atoms with Crippen molar-refractivity contribution < 1.29 is 14.3 Å². The summed E-state index contributed by atoms with van der Waals surface area (Å²) < 4.78 is 5.25. The number of urea groups is 1. The molecule has 0 spiro atoms. The van der Waals surface area contributed by atoms with Crippen molar-refractivity contribution in [3.05, 3.63) is 77.4 Å². The summed E-state index contributed by atoms with van der Waals surface area (Å²) in [6.45, 7) is 1.87. The van der Waals surface area contributed by atoms with Crippen LogP contribution in [0.2, 0.25) is 0 Å². The lowest BCUT2D eigenvalue weighted by molar-refractivity contribution is -0.131. The lowest BCUT2D eigenvalue weighted by Gasteiger charge is -2.23. The second-order valence-corrected chi connectivity index (χ2v) is 7.18. The number of methoxy groups -OCH3 is 1. The van der Waals surface area contributed by atoms with Crippen molar-refractivity contribution in [1.29, 1.82) is 5.26 Å². The van der Waals surface area contributed by atoms with E-state index >= 15 is 0 Å². The molecule has 0 aromatic heterocycles. The third kappa shape index (κ3) is 3.17. The maximum absolute atomic E-state index is 13.2. The van der Waals surface area contributed by atoms with Crippen LogP contribution in [0.5, 0.6) is 5.75 Å². The standard InChI is InChI=1S/C23H19N3O3/c1-23(19-9-7-18-12-20(29-2)10-8-17(18)11-19)21(27)26(22(28)25-23)14-16-5-3-15(13-24)4-6-16/h3-12H,14H2,1-2H3,(H,25,28). The Morgan fingerprint density at radius 2 is 1.72 bits per heavy atom. The largest absolute Gasteiger partial charge is 0.497 e. The van der Waals surface area contributed by atoms with Crippen LogP contribution in [0.1, 0.15) is 23.6 Å². The van der Waals surface area contributed by atoms with Crippen LogP contribution in [0.4, 0.5) is 4.79 Å². The summed E-state index contributed by atoms with van der Waals surface area (Å²) in [7, 11) is 1.62. The van der Waals surface area contributed by atoms with Gasteiger partial charge in [0.2, 0.25) is 0 Å². The summed E-state index contributed by atoms with van der Waals surface area (Å²) >= 11 is 0. The average molecular weight is 385 g/mol. The Morgan fingerprint density at radius 1 is 1.03 bits per heavy atom. The first-order valence-corrected chi connectivity index (χ1v) is 9.16. The molecule has 144 valence electrons. The van der Waals surface area contributed by atoms with Gasteiger partial charge in [-0.3, -0.25) is 9.69 Å². The van der Waals surface area contributed by atoms with Crippen LogP contribution in [-0.2, 0) is 16.9 Å². The van der Waals surface area contributed by atoms with Crippen LogP contribution < -0.4 is 10.1 Å². The highest BCUT2D eigenvalue weighted by Gasteiger charge is 2.48. The molecule has 1 atom stereocenters. The average Bonchev–Trinajstić information content (AvgIpc) is 2.97. The first-order valence-electron chi connectivity index (χ1n) is 9.16. The van der Waals surface area contributed by atoms with E-state index < -0.39 is 11.6 Å². The van der Waals surface area contributed by atoms with Gasteiger partial charge in [0.1, 0.15) is 11.3 Å². The van der Waals surface area contributed by atoms with E-state index in [1.54, 1.807) is 38.3 Å². The lowest BCUT2D eigenvalue weighted by Crippen LogP contribution is -2.40. The van der Waals surface area contributed by atoms with Gasteiger partial charge in [-0.05, 0) is 59.2 Å². The van der Waals surface area contributed by atoms with Gasteiger partial charge < -0.3 is 10.1 Å². The number of imide groups is 1. The molecule has 1 saturated heterocycles. The molecule has 1 N–H and O–H groups in total. The van der Waals surface area contributed by atoms with Gasteiger partial charge in [0, 0.05) is 0 Å². The van der Waals surface area contributed by atoms with Gasteiger partial charge in [-0.1, -0.05) is 30.3 Å². The molecule has 1 fully saturated rings. The summed E-state index contributed by atoms with van der Waals surface area (Å²) in [6, 6.07) is 19.9. The van der Waals surface area contributed by atoms with E-state index in [9.17, 15) is 9.59 Å². The highest BCUT2D eigenvalue weighted by Crippen LogP contribution is 2.32. The summed E-state index contributed by atoms with van der Waals surface area (Å²) in [6.07, 6.45) is 0. The third-order valence-corrected chi connectivity index (χ3v) is 5.32. The fraction of sp³-hybridized carbons (Fsp3) is 0.174. The van der Waals surface area contributed by atoms with E-state index in [0.717, 1.165) is 27.6 Å². The number of rotatable bonds is 4. The number of nitriles is 1. The molecule has 4 rings (SSSR count). The number of nitrogens with zero attached hydrogens (tertiary/aromatic N) is 2. The first-order chi connectivity index (χ1) is 13.9. The molecular weight excluding hydrogens is 366 g/mol. The Balaban J connectivity index is 1.63. The zero-order valence-electron chi connectivity index (χ0n) is 16.1. The molecule has 3 amide bonds. The van der Waals surface area contributed by atoms with Crippen LogP contribution in [-0.4, -0.2) is 23.9 Å². The highest BCUT2D eigenvalue weighted by atomic mass is 16.5. The first kappa shape index (κ1) is 18.5. The van der Waals surface area contributed by atoms with Crippen LogP contribution >= 0.6 is 0 Å². The minimum Gasteiger partial charge on any atom is -0.497 e. The van der Waals surface area contributed by atoms with Gasteiger partial charge in [0.05, 0.1) is 25.3 Å². The number of benzene rings is 3. The highest BCUT2D eigenvalue weighted by molar-refractivity contribution is 6.07. The number of ether oxygens (including phenoxy) is 1. The molecule has 1 aliphatic rings. The van der Waals surface area contributed by atoms with Crippen molar-refractivity contribution in [2.24, 2.45) is 0 Å². The molecule has 1 heterocycles. The normalized spacial score (nSPS) is 18.6. The lowest BCUT2D eigenvalue weighted by atomic mass is 9.90. The Bertz CT molecular complexity index is 1160. The van der Waals surface area contributed by atoms with Crippen molar-refractivity contribution in [1.82, 2.24) is 10.2 Å². The van der Waals surface area contributed by atoms with Crippen LogP contribution in [0.15, 0.2) is 60.7 Å². The van der Waals surface area contributed by atoms with E-state index in [-0.39, 0.29) is 12.5 Å². The van der Waals surface area contributed by atoms with Crippen LogP contribution in [0, 0.1) is 11.3 Å². The smallest absolute Gasteiger partial charge is 0.325 e. The zero-order chi connectivity index (χ0) is 20.6. The molecule has 3 aromatic carbocycles. The molecule has 0 radical (unpaired) electrons. The van der Waals surface area contributed by atoms with Crippen LogP contribution in [0.25, 0.3) is 10.8 Å². The van der Waals surface area contributed by atoms with E-state index in [4.69, 9.17) is 10.00 Å².